The molecule has 1 saturated carbocycles. The highest BCUT2D eigenvalue weighted by Gasteiger charge is 2.26. The molecule has 2 atom stereocenters. The summed E-state index contributed by atoms with van der Waals surface area (Å²) < 4.78 is 0. The maximum absolute atomic E-state index is 10.2. The van der Waals surface area contributed by atoms with E-state index >= 15 is 0 Å². The summed E-state index contributed by atoms with van der Waals surface area (Å²) in [5, 5.41) is 13.7. The molecule has 0 radical (unpaired) electrons. The highest BCUT2D eigenvalue weighted by Crippen LogP contribution is 2.28. The number of nitrogens with zero attached hydrogens (tertiary/aromatic N) is 3. The molecule has 1 aromatic heterocycles. The first kappa shape index (κ1) is 19.0. The Morgan fingerprint density at radius 2 is 2.08 bits per heavy atom. The maximum Gasteiger partial charge on any atom is 0.147 e. The molecule has 3 rings (SSSR count). The normalized spacial score (nSPS) is 23.8. The fraction of sp³-hybridized carbons (Fsp3) is 0.667. The van der Waals surface area contributed by atoms with Gasteiger partial charge in [0, 0.05) is 13.1 Å². The van der Waals surface area contributed by atoms with E-state index in [-0.39, 0.29) is 24.6 Å². The number of hydrogen-bond donors (Lipinski definition) is 2. The number of nitrogens with one attached hydrogen (secondary N) is 1. The Hall–Kier alpha value is -1.33. The molecule has 0 bridgehead atoms. The van der Waals surface area contributed by atoms with E-state index in [0.717, 1.165) is 23.6 Å². The van der Waals surface area contributed by atoms with Crippen LogP contribution in [0.4, 0.5) is 5.82 Å². The van der Waals surface area contributed by atoms with Gasteiger partial charge in [-0.25, -0.2) is 4.98 Å². The van der Waals surface area contributed by atoms with Gasteiger partial charge in [0.1, 0.15) is 11.5 Å². The van der Waals surface area contributed by atoms with E-state index in [1.807, 2.05) is 12.3 Å². The lowest BCUT2D eigenvalue weighted by molar-refractivity contribution is 0.122. The fourth-order valence-electron chi connectivity index (χ4n) is 3.28. The lowest BCUT2D eigenvalue weighted by atomic mass is 9.92. The van der Waals surface area contributed by atoms with E-state index in [4.69, 9.17) is 4.98 Å². The third kappa shape index (κ3) is 4.19. The minimum atomic E-state index is -0.324. The van der Waals surface area contributed by atoms with Gasteiger partial charge < -0.3 is 15.3 Å². The molecule has 2 heterocycles. The molecule has 0 unspecified atom stereocenters. The quantitative estimate of drug-likeness (QED) is 0.853. The van der Waals surface area contributed by atoms with Gasteiger partial charge in [-0.05, 0) is 38.0 Å². The van der Waals surface area contributed by atoms with Crippen LogP contribution in [0.1, 0.15) is 51.6 Å². The van der Waals surface area contributed by atoms with Crippen LogP contribution in [0.15, 0.2) is 18.5 Å². The van der Waals surface area contributed by atoms with Crippen LogP contribution in [0.2, 0.25) is 0 Å². The van der Waals surface area contributed by atoms with E-state index in [1.54, 1.807) is 6.20 Å². The summed E-state index contributed by atoms with van der Waals surface area (Å²) in [4.78, 5) is 11.4. The summed E-state index contributed by atoms with van der Waals surface area (Å²) in [6.45, 7) is 4.36. The molecule has 2 N–H and O–H groups in total. The molecule has 134 valence electrons. The van der Waals surface area contributed by atoms with Gasteiger partial charge in [0.05, 0.1) is 30.2 Å². The predicted octanol–water partition coefficient (Wildman–Crippen LogP) is 3.00. The minimum absolute atomic E-state index is 0. The standard InChI is InChI=1S/C18H28N4O.ClH/c1-12(2)9-15-17(23)8-7-14(20-15)16-10-19-11-18(21-16)22(3)13-5-4-6-13;/h7,10-13,15,17,20,23H,4-6,8-9H2,1-3H3;1H/t15-,17+;/m1./s1. The maximum atomic E-state index is 10.2. The molecule has 6 heteroatoms. The topological polar surface area (TPSA) is 61.3 Å². The van der Waals surface area contributed by atoms with Crippen molar-refractivity contribution in [2.45, 2.75) is 64.1 Å². The monoisotopic (exact) mass is 352 g/mol. The highest BCUT2D eigenvalue weighted by atomic mass is 35.5. The second-order valence-electron chi connectivity index (χ2n) is 7.26. The lowest BCUT2D eigenvalue weighted by Crippen LogP contribution is -2.42. The first-order valence-corrected chi connectivity index (χ1v) is 8.74. The lowest BCUT2D eigenvalue weighted by Gasteiger charge is -2.35. The van der Waals surface area contributed by atoms with Crippen LogP contribution >= 0.6 is 12.4 Å². The van der Waals surface area contributed by atoms with Crippen molar-refractivity contribution in [3.05, 3.63) is 24.2 Å². The van der Waals surface area contributed by atoms with Gasteiger partial charge in [-0.2, -0.15) is 0 Å². The zero-order valence-electron chi connectivity index (χ0n) is 14.8. The Labute approximate surface area is 151 Å². The van der Waals surface area contributed by atoms with E-state index in [0.29, 0.717) is 18.4 Å². The van der Waals surface area contributed by atoms with Gasteiger partial charge in [0.2, 0.25) is 0 Å². The number of anilines is 1. The molecule has 1 aliphatic heterocycles. The van der Waals surface area contributed by atoms with Crippen molar-refractivity contribution in [2.24, 2.45) is 5.92 Å². The number of rotatable bonds is 5. The largest absolute Gasteiger partial charge is 0.391 e. The molecule has 1 aromatic rings. The molecular weight excluding hydrogens is 324 g/mol. The van der Waals surface area contributed by atoms with E-state index in [1.165, 1.54) is 19.3 Å². The molecule has 2 aliphatic rings. The Morgan fingerprint density at radius 3 is 2.71 bits per heavy atom. The first-order chi connectivity index (χ1) is 11.0. The van der Waals surface area contributed by atoms with Crippen LogP contribution in [-0.4, -0.2) is 40.3 Å². The summed E-state index contributed by atoms with van der Waals surface area (Å²) in [6, 6.07) is 0.688. The smallest absolute Gasteiger partial charge is 0.147 e. The third-order valence-electron chi connectivity index (χ3n) is 4.98. The van der Waals surface area contributed by atoms with Crippen molar-refractivity contribution in [3.8, 4) is 0 Å². The average molecular weight is 353 g/mol. The van der Waals surface area contributed by atoms with E-state index < -0.39 is 0 Å². The van der Waals surface area contributed by atoms with Crippen molar-refractivity contribution in [1.82, 2.24) is 15.3 Å². The molecule has 5 nitrogen and oxygen atoms in total. The van der Waals surface area contributed by atoms with Crippen molar-refractivity contribution >= 4 is 23.9 Å². The van der Waals surface area contributed by atoms with Crippen LogP contribution in [-0.2, 0) is 0 Å². The summed E-state index contributed by atoms with van der Waals surface area (Å²) in [6.07, 6.45) is 10.8. The number of aliphatic hydroxyl groups is 1. The van der Waals surface area contributed by atoms with Crippen LogP contribution in [0.25, 0.3) is 5.70 Å². The molecular formula is C18H29ClN4O. The Balaban J connectivity index is 0.00000208. The van der Waals surface area contributed by atoms with Gasteiger partial charge in [0.25, 0.3) is 0 Å². The molecule has 0 spiro atoms. The van der Waals surface area contributed by atoms with Gasteiger partial charge in [-0.3, -0.25) is 4.98 Å². The molecule has 24 heavy (non-hydrogen) atoms. The summed E-state index contributed by atoms with van der Waals surface area (Å²) in [5.74, 6) is 1.48. The number of hydrogen-bond acceptors (Lipinski definition) is 5. The molecule has 1 fully saturated rings. The molecule has 1 aliphatic carbocycles. The van der Waals surface area contributed by atoms with Crippen molar-refractivity contribution in [3.63, 3.8) is 0 Å². The SMILES string of the molecule is CC(C)C[C@H]1NC(c2cncc(N(C)C3CCC3)n2)=CC[C@@H]1O.Cl. The summed E-state index contributed by atoms with van der Waals surface area (Å²) in [7, 11) is 2.10. The van der Waals surface area contributed by atoms with Crippen molar-refractivity contribution < 1.29 is 5.11 Å². The van der Waals surface area contributed by atoms with E-state index in [9.17, 15) is 5.11 Å². The molecule has 0 amide bonds. The zero-order chi connectivity index (χ0) is 16.4. The van der Waals surface area contributed by atoms with Gasteiger partial charge in [-0.1, -0.05) is 19.9 Å². The average Bonchev–Trinajstić information content (AvgIpc) is 2.47. The Bertz CT molecular complexity index is 574. The summed E-state index contributed by atoms with van der Waals surface area (Å²) >= 11 is 0. The number of aliphatic hydroxyl groups excluding tert-OH is 1. The van der Waals surface area contributed by atoms with Gasteiger partial charge >= 0.3 is 0 Å². The Kier molecular flexibility index (Phi) is 6.47. The minimum Gasteiger partial charge on any atom is -0.391 e. The zero-order valence-corrected chi connectivity index (χ0v) is 15.6. The van der Waals surface area contributed by atoms with Gasteiger partial charge in [-0.15, -0.1) is 12.4 Å². The second kappa shape index (κ2) is 8.17. The van der Waals surface area contributed by atoms with Gasteiger partial charge in [0.15, 0.2) is 0 Å². The molecule has 0 aromatic carbocycles. The van der Waals surface area contributed by atoms with E-state index in [2.05, 4.69) is 36.1 Å². The predicted molar refractivity (Wildman–Crippen MR) is 100 cm³/mol. The highest BCUT2D eigenvalue weighted by molar-refractivity contribution is 5.85. The fourth-order valence-corrected chi connectivity index (χ4v) is 3.28. The van der Waals surface area contributed by atoms with Crippen LogP contribution in [0.5, 0.6) is 0 Å². The summed E-state index contributed by atoms with van der Waals surface area (Å²) in [5.41, 5.74) is 1.87. The van der Waals surface area contributed by atoms with Crippen molar-refractivity contribution in [1.29, 1.82) is 0 Å². The molecule has 0 saturated heterocycles. The number of halogens is 1. The van der Waals surface area contributed by atoms with Crippen LogP contribution < -0.4 is 10.2 Å². The third-order valence-corrected chi connectivity index (χ3v) is 4.98. The first-order valence-electron chi connectivity index (χ1n) is 8.74. The van der Waals surface area contributed by atoms with Crippen LogP contribution in [0.3, 0.4) is 0 Å². The van der Waals surface area contributed by atoms with Crippen LogP contribution in [0, 0.1) is 5.92 Å². The second-order valence-corrected chi connectivity index (χ2v) is 7.26. The number of aromatic nitrogens is 2. The van der Waals surface area contributed by atoms with Crippen molar-refractivity contribution in [2.75, 3.05) is 11.9 Å². The Morgan fingerprint density at radius 1 is 1.33 bits per heavy atom.